The van der Waals surface area contributed by atoms with E-state index in [1.807, 2.05) is 60.7 Å². The number of hydrogen-bond donors (Lipinski definition) is 2. The summed E-state index contributed by atoms with van der Waals surface area (Å²) in [6.07, 6.45) is -0.104. The molecule has 3 aromatic rings. The van der Waals surface area contributed by atoms with Crippen LogP contribution >= 0.6 is 0 Å². The fraction of sp³-hybridized carbons (Fsp3) is 0.273. The Morgan fingerprint density at radius 1 is 1.11 bits per heavy atom. The maximum absolute atomic E-state index is 13.3. The van der Waals surface area contributed by atoms with Crippen LogP contribution in [0.3, 0.4) is 0 Å². The number of nitrogens with zero attached hydrogens (tertiary/aromatic N) is 2. The molecule has 1 fully saturated rings. The molecule has 0 bridgehead atoms. The number of aliphatic hydroxyl groups is 2. The van der Waals surface area contributed by atoms with Crippen LogP contribution in [0.25, 0.3) is 22.2 Å². The number of aliphatic hydroxyl groups excluding tert-OH is 2. The molecule has 1 aliphatic rings. The average Bonchev–Trinajstić information content (AvgIpc) is 2.73. The number of likely N-dealkylation sites (tertiary alicyclic amines) is 1. The standard InChI is InChI=1S/C22H22N2O3/c25-14-16-10-11-24(13-21(16)26)22(27)18-12-20(15-6-2-1-3-7-15)23-19-9-5-4-8-17(18)19/h1-9,12,16,21,25-26H,10-11,13-14H2/t16-,21+/m0/s1. The Morgan fingerprint density at radius 3 is 2.59 bits per heavy atom. The molecule has 1 amide bonds. The number of fused-ring (bicyclic) bond motifs is 1. The number of piperidine rings is 1. The van der Waals surface area contributed by atoms with Gasteiger partial charge in [0.15, 0.2) is 0 Å². The molecule has 1 aliphatic heterocycles. The minimum absolute atomic E-state index is 0.0560. The monoisotopic (exact) mass is 362 g/mol. The van der Waals surface area contributed by atoms with Crippen molar-refractivity contribution < 1.29 is 15.0 Å². The van der Waals surface area contributed by atoms with Crippen molar-refractivity contribution >= 4 is 16.8 Å². The van der Waals surface area contributed by atoms with Gasteiger partial charge < -0.3 is 15.1 Å². The summed E-state index contributed by atoms with van der Waals surface area (Å²) in [6, 6.07) is 19.3. The number of hydrogen-bond acceptors (Lipinski definition) is 4. The Bertz CT molecular complexity index is 958. The fourth-order valence-corrected chi connectivity index (χ4v) is 3.66. The first-order chi connectivity index (χ1) is 13.2. The van der Waals surface area contributed by atoms with Crippen molar-refractivity contribution in [2.75, 3.05) is 19.7 Å². The molecule has 0 saturated carbocycles. The van der Waals surface area contributed by atoms with E-state index < -0.39 is 6.10 Å². The van der Waals surface area contributed by atoms with Crippen LogP contribution in [0.4, 0.5) is 0 Å². The smallest absolute Gasteiger partial charge is 0.254 e. The first-order valence-corrected chi connectivity index (χ1v) is 9.21. The molecule has 5 heteroatoms. The first-order valence-electron chi connectivity index (χ1n) is 9.21. The van der Waals surface area contributed by atoms with E-state index in [9.17, 15) is 15.0 Å². The molecule has 0 unspecified atom stereocenters. The van der Waals surface area contributed by atoms with Crippen molar-refractivity contribution in [3.05, 3.63) is 66.2 Å². The molecule has 27 heavy (non-hydrogen) atoms. The maximum atomic E-state index is 13.3. The van der Waals surface area contributed by atoms with Gasteiger partial charge >= 0.3 is 0 Å². The zero-order valence-electron chi connectivity index (χ0n) is 15.0. The number of pyridine rings is 1. The van der Waals surface area contributed by atoms with Crippen molar-refractivity contribution in [2.24, 2.45) is 5.92 Å². The molecule has 0 spiro atoms. The highest BCUT2D eigenvalue weighted by molar-refractivity contribution is 6.07. The lowest BCUT2D eigenvalue weighted by atomic mass is 9.94. The van der Waals surface area contributed by atoms with Crippen LogP contribution in [0.15, 0.2) is 60.7 Å². The van der Waals surface area contributed by atoms with Gasteiger partial charge in [-0.1, -0.05) is 48.5 Å². The van der Waals surface area contributed by atoms with Gasteiger partial charge in [-0.3, -0.25) is 4.79 Å². The molecule has 5 nitrogen and oxygen atoms in total. The van der Waals surface area contributed by atoms with E-state index in [1.54, 1.807) is 4.90 Å². The summed E-state index contributed by atoms with van der Waals surface area (Å²) in [5, 5.41) is 20.4. The third-order valence-electron chi connectivity index (χ3n) is 5.26. The molecule has 138 valence electrons. The average molecular weight is 362 g/mol. The lowest BCUT2D eigenvalue weighted by molar-refractivity contribution is 0.000951. The van der Waals surface area contributed by atoms with Crippen LogP contribution in [0.2, 0.25) is 0 Å². The zero-order valence-corrected chi connectivity index (χ0v) is 15.0. The van der Waals surface area contributed by atoms with E-state index in [0.29, 0.717) is 18.5 Å². The van der Waals surface area contributed by atoms with Gasteiger partial charge in [-0.25, -0.2) is 4.98 Å². The van der Waals surface area contributed by atoms with E-state index in [1.165, 1.54) is 0 Å². The Labute approximate surface area is 157 Å². The van der Waals surface area contributed by atoms with Crippen molar-refractivity contribution in [3.63, 3.8) is 0 Å². The van der Waals surface area contributed by atoms with Crippen LogP contribution in [0.1, 0.15) is 16.8 Å². The van der Waals surface area contributed by atoms with Crippen molar-refractivity contribution in [1.29, 1.82) is 0 Å². The minimum Gasteiger partial charge on any atom is -0.396 e. The van der Waals surface area contributed by atoms with Gasteiger partial charge in [0.25, 0.3) is 5.91 Å². The molecule has 2 atom stereocenters. The van der Waals surface area contributed by atoms with Crippen LogP contribution in [0, 0.1) is 5.92 Å². The molecule has 1 aromatic heterocycles. The Balaban J connectivity index is 1.75. The fourth-order valence-electron chi connectivity index (χ4n) is 3.66. The van der Waals surface area contributed by atoms with Gasteiger partial charge in [0.05, 0.1) is 22.9 Å². The van der Waals surface area contributed by atoms with Gasteiger partial charge in [-0.05, 0) is 18.6 Å². The molecule has 0 aliphatic carbocycles. The summed E-state index contributed by atoms with van der Waals surface area (Å²) in [6.45, 7) is 0.708. The van der Waals surface area contributed by atoms with E-state index in [2.05, 4.69) is 0 Å². The van der Waals surface area contributed by atoms with Gasteiger partial charge in [-0.15, -0.1) is 0 Å². The summed E-state index contributed by atoms with van der Waals surface area (Å²) >= 11 is 0. The Kier molecular flexibility index (Phi) is 4.88. The Hall–Kier alpha value is -2.76. The summed E-state index contributed by atoms with van der Waals surface area (Å²) in [5.74, 6) is -0.274. The third-order valence-corrected chi connectivity index (χ3v) is 5.26. The van der Waals surface area contributed by atoms with Crippen molar-refractivity contribution in [2.45, 2.75) is 12.5 Å². The van der Waals surface area contributed by atoms with Crippen LogP contribution < -0.4 is 0 Å². The lowest BCUT2D eigenvalue weighted by Crippen LogP contribution is -2.47. The Morgan fingerprint density at radius 2 is 1.85 bits per heavy atom. The highest BCUT2D eigenvalue weighted by Gasteiger charge is 2.31. The van der Waals surface area contributed by atoms with Crippen molar-refractivity contribution in [3.8, 4) is 11.3 Å². The molecule has 1 saturated heterocycles. The number of para-hydroxylation sites is 1. The van der Waals surface area contributed by atoms with Crippen LogP contribution in [-0.2, 0) is 0 Å². The third kappa shape index (κ3) is 3.44. The summed E-state index contributed by atoms with van der Waals surface area (Å²) in [7, 11) is 0. The summed E-state index contributed by atoms with van der Waals surface area (Å²) < 4.78 is 0. The van der Waals surface area contributed by atoms with Gasteiger partial charge in [0, 0.05) is 36.6 Å². The van der Waals surface area contributed by atoms with Crippen molar-refractivity contribution in [1.82, 2.24) is 9.88 Å². The van der Waals surface area contributed by atoms with E-state index in [4.69, 9.17) is 4.98 Å². The largest absolute Gasteiger partial charge is 0.396 e. The van der Waals surface area contributed by atoms with E-state index in [-0.39, 0.29) is 25.0 Å². The quantitative estimate of drug-likeness (QED) is 0.751. The maximum Gasteiger partial charge on any atom is 0.254 e. The van der Waals surface area contributed by atoms with Gasteiger partial charge in [0.2, 0.25) is 0 Å². The highest BCUT2D eigenvalue weighted by Crippen LogP contribution is 2.27. The number of rotatable bonds is 3. The molecular formula is C22H22N2O3. The number of benzene rings is 2. The van der Waals surface area contributed by atoms with E-state index >= 15 is 0 Å². The predicted molar refractivity (Wildman–Crippen MR) is 104 cm³/mol. The molecule has 2 N–H and O–H groups in total. The topological polar surface area (TPSA) is 73.7 Å². The van der Waals surface area contributed by atoms with Crippen LogP contribution in [-0.4, -0.2) is 51.8 Å². The number of carbonyl (C=O) groups excluding carboxylic acids is 1. The van der Waals surface area contributed by atoms with Gasteiger partial charge in [0.1, 0.15) is 0 Å². The number of carbonyl (C=O) groups is 1. The second-order valence-electron chi connectivity index (χ2n) is 6.99. The SMILES string of the molecule is O=C(c1cc(-c2ccccc2)nc2ccccc12)N1CC[C@@H](CO)[C@H](O)C1. The second-order valence-corrected chi connectivity index (χ2v) is 6.99. The minimum atomic E-state index is -0.700. The lowest BCUT2D eigenvalue weighted by Gasteiger charge is -2.35. The summed E-state index contributed by atoms with van der Waals surface area (Å²) in [4.78, 5) is 19.7. The molecule has 4 rings (SSSR count). The van der Waals surface area contributed by atoms with Gasteiger partial charge in [-0.2, -0.15) is 0 Å². The second kappa shape index (κ2) is 7.47. The normalized spacial score (nSPS) is 20.0. The zero-order chi connectivity index (χ0) is 18.8. The molecular weight excluding hydrogens is 340 g/mol. The molecule has 2 aromatic carbocycles. The summed E-state index contributed by atoms with van der Waals surface area (Å²) in [5.41, 5.74) is 3.07. The number of β-amino-alcohol motifs (C(OH)–C–C–N with tert-alkyl or cyclic N) is 1. The van der Waals surface area contributed by atoms with E-state index in [0.717, 1.165) is 22.2 Å². The number of amides is 1. The van der Waals surface area contributed by atoms with Crippen LogP contribution in [0.5, 0.6) is 0 Å². The first kappa shape index (κ1) is 17.6. The predicted octanol–water partition coefficient (Wildman–Crippen LogP) is 2.72. The number of aromatic nitrogens is 1. The molecule has 2 heterocycles. The highest BCUT2D eigenvalue weighted by atomic mass is 16.3. The molecule has 0 radical (unpaired) electrons.